The van der Waals surface area contributed by atoms with Gasteiger partial charge >= 0.3 is 5.97 Å². The van der Waals surface area contributed by atoms with Crippen LogP contribution >= 0.6 is 0 Å². The zero-order valence-electron chi connectivity index (χ0n) is 7.85. The van der Waals surface area contributed by atoms with Crippen LogP contribution in [-0.4, -0.2) is 17.1 Å². The number of hydrogen-bond donors (Lipinski definition) is 2. The molecule has 1 aromatic carbocycles. The highest BCUT2D eigenvalue weighted by atomic mass is 19.1. The van der Waals surface area contributed by atoms with Crippen molar-refractivity contribution in [2.75, 3.05) is 0 Å². The number of carboxylic acids is 1. The molecule has 0 aliphatic heterocycles. The van der Waals surface area contributed by atoms with Gasteiger partial charge in [-0.15, -0.1) is 6.42 Å². The van der Waals surface area contributed by atoms with E-state index in [4.69, 9.17) is 17.3 Å². The Morgan fingerprint density at radius 2 is 2.00 bits per heavy atom. The number of halogens is 1. The molecule has 3 nitrogen and oxygen atoms in total. The van der Waals surface area contributed by atoms with Crippen LogP contribution < -0.4 is 5.73 Å². The molecule has 0 spiro atoms. The third-order valence-electron chi connectivity index (χ3n) is 2.05. The predicted molar refractivity (Wildman–Crippen MR) is 53.6 cm³/mol. The lowest BCUT2D eigenvalue weighted by molar-refractivity contribution is -0.138. The number of carboxylic acid groups (broad SMARTS) is 1. The fraction of sp³-hybridized carbons (Fsp3) is 0.182. The summed E-state index contributed by atoms with van der Waals surface area (Å²) in [6, 6.07) is 4.12. The molecule has 0 aliphatic rings. The normalized spacial score (nSPS) is 13.9. The number of aliphatic carboxylic acids is 1. The molecular formula is C11H10FNO2. The van der Waals surface area contributed by atoms with Gasteiger partial charge in [-0.25, -0.2) is 4.39 Å². The van der Waals surface area contributed by atoms with Crippen molar-refractivity contribution in [1.29, 1.82) is 0 Å². The Kier molecular flexibility index (Phi) is 3.42. The fourth-order valence-corrected chi connectivity index (χ4v) is 1.22. The molecule has 0 unspecified atom stereocenters. The van der Waals surface area contributed by atoms with Crippen molar-refractivity contribution < 1.29 is 14.3 Å². The first-order chi connectivity index (χ1) is 7.06. The number of nitrogens with two attached hydrogens (primary N) is 1. The minimum atomic E-state index is -1.18. The number of benzene rings is 1. The Morgan fingerprint density at radius 3 is 2.40 bits per heavy atom. The van der Waals surface area contributed by atoms with Gasteiger partial charge in [0.05, 0.1) is 5.92 Å². The Bertz CT molecular complexity index is 394. The molecule has 2 atom stereocenters. The van der Waals surface area contributed by atoms with Gasteiger partial charge in [-0.3, -0.25) is 4.79 Å². The molecule has 1 rings (SSSR count). The Hall–Kier alpha value is -1.86. The summed E-state index contributed by atoms with van der Waals surface area (Å²) in [5, 5.41) is 8.70. The second-order valence-corrected chi connectivity index (χ2v) is 3.06. The van der Waals surface area contributed by atoms with Crippen molar-refractivity contribution in [3.05, 3.63) is 35.6 Å². The fourth-order valence-electron chi connectivity index (χ4n) is 1.22. The van der Waals surface area contributed by atoms with Crippen molar-refractivity contribution in [3.63, 3.8) is 0 Å². The van der Waals surface area contributed by atoms with Crippen LogP contribution in [0.4, 0.5) is 4.39 Å². The number of carbonyl (C=O) groups is 1. The van der Waals surface area contributed by atoms with Crippen LogP contribution in [0, 0.1) is 18.2 Å². The third kappa shape index (κ3) is 2.55. The van der Waals surface area contributed by atoms with E-state index in [-0.39, 0.29) is 0 Å². The molecular weight excluding hydrogens is 197 g/mol. The van der Waals surface area contributed by atoms with Crippen LogP contribution in [0.3, 0.4) is 0 Å². The summed E-state index contributed by atoms with van der Waals surface area (Å²) in [7, 11) is 0. The topological polar surface area (TPSA) is 63.3 Å². The molecule has 0 aliphatic carbocycles. The zero-order valence-corrected chi connectivity index (χ0v) is 7.85. The highest BCUT2D eigenvalue weighted by Gasteiger charge is 2.23. The first kappa shape index (κ1) is 11.2. The number of hydrogen-bond acceptors (Lipinski definition) is 2. The average Bonchev–Trinajstić information content (AvgIpc) is 2.21. The van der Waals surface area contributed by atoms with Crippen molar-refractivity contribution in [2.45, 2.75) is 12.0 Å². The molecule has 0 heterocycles. The van der Waals surface area contributed by atoms with Crippen LogP contribution in [0.2, 0.25) is 0 Å². The first-order valence-corrected chi connectivity index (χ1v) is 4.26. The van der Waals surface area contributed by atoms with Gasteiger partial charge < -0.3 is 10.8 Å². The van der Waals surface area contributed by atoms with Gasteiger partial charge in [-0.05, 0) is 17.7 Å². The zero-order chi connectivity index (χ0) is 11.4. The minimum absolute atomic E-state index is 0.404. The van der Waals surface area contributed by atoms with E-state index in [9.17, 15) is 9.18 Å². The first-order valence-electron chi connectivity index (χ1n) is 4.26. The average molecular weight is 207 g/mol. The maximum Gasteiger partial charge on any atom is 0.322 e. The van der Waals surface area contributed by atoms with Crippen molar-refractivity contribution >= 4 is 5.97 Å². The molecule has 0 saturated carbocycles. The number of terminal acetylenes is 1. The lowest BCUT2D eigenvalue weighted by atomic mass is 9.93. The van der Waals surface area contributed by atoms with Gasteiger partial charge in [0.2, 0.25) is 0 Å². The van der Waals surface area contributed by atoms with Gasteiger partial charge in [0.25, 0.3) is 0 Å². The van der Waals surface area contributed by atoms with E-state index >= 15 is 0 Å². The van der Waals surface area contributed by atoms with Crippen LogP contribution in [0.5, 0.6) is 0 Å². The monoisotopic (exact) mass is 207 g/mol. The van der Waals surface area contributed by atoms with E-state index < -0.39 is 23.7 Å². The van der Waals surface area contributed by atoms with E-state index in [1.165, 1.54) is 24.3 Å². The summed E-state index contributed by atoms with van der Waals surface area (Å²) < 4.78 is 12.6. The predicted octanol–water partition coefficient (Wildman–Crippen LogP) is 0.954. The minimum Gasteiger partial charge on any atom is -0.480 e. The molecule has 1 aromatic rings. The molecule has 0 radical (unpaired) electrons. The van der Waals surface area contributed by atoms with E-state index in [2.05, 4.69) is 5.92 Å². The highest BCUT2D eigenvalue weighted by Crippen LogP contribution is 2.18. The summed E-state index contributed by atoms with van der Waals surface area (Å²) in [6.45, 7) is 0. The van der Waals surface area contributed by atoms with E-state index in [0.717, 1.165) is 0 Å². The molecule has 78 valence electrons. The molecule has 4 heteroatoms. The van der Waals surface area contributed by atoms with Gasteiger partial charge in [0.1, 0.15) is 11.9 Å². The van der Waals surface area contributed by atoms with Crippen LogP contribution in [0.25, 0.3) is 0 Å². The van der Waals surface area contributed by atoms with Gasteiger partial charge in [-0.2, -0.15) is 0 Å². The number of rotatable bonds is 3. The van der Waals surface area contributed by atoms with E-state index in [1.54, 1.807) is 0 Å². The van der Waals surface area contributed by atoms with Crippen LogP contribution in [0.15, 0.2) is 24.3 Å². The smallest absolute Gasteiger partial charge is 0.322 e. The SMILES string of the molecule is C#C[C@@H](c1ccc(F)cc1)[C@H](N)C(=O)O. The van der Waals surface area contributed by atoms with Crippen molar-refractivity contribution in [2.24, 2.45) is 5.73 Å². The summed E-state index contributed by atoms with van der Waals surface area (Å²) >= 11 is 0. The van der Waals surface area contributed by atoms with Gasteiger partial charge in [0, 0.05) is 0 Å². The summed E-state index contributed by atoms with van der Waals surface area (Å²) in [4.78, 5) is 10.6. The maximum atomic E-state index is 12.6. The van der Waals surface area contributed by atoms with Gasteiger partial charge in [0.15, 0.2) is 0 Å². The van der Waals surface area contributed by atoms with Crippen molar-refractivity contribution in [1.82, 2.24) is 0 Å². The van der Waals surface area contributed by atoms with E-state index in [0.29, 0.717) is 5.56 Å². The Morgan fingerprint density at radius 1 is 1.47 bits per heavy atom. The maximum absolute atomic E-state index is 12.6. The molecule has 0 bridgehead atoms. The Labute approximate surface area is 86.7 Å². The Balaban J connectivity index is 2.99. The molecule has 0 saturated heterocycles. The summed E-state index contributed by atoms with van der Waals surface area (Å²) in [6.07, 6.45) is 5.19. The highest BCUT2D eigenvalue weighted by molar-refractivity contribution is 5.75. The quantitative estimate of drug-likeness (QED) is 0.725. The van der Waals surface area contributed by atoms with Gasteiger partial charge in [-0.1, -0.05) is 18.1 Å². The second-order valence-electron chi connectivity index (χ2n) is 3.06. The molecule has 3 N–H and O–H groups in total. The van der Waals surface area contributed by atoms with Crippen LogP contribution in [0.1, 0.15) is 11.5 Å². The summed E-state index contributed by atoms with van der Waals surface area (Å²) in [5.74, 6) is -0.0392. The standard InChI is InChI=1S/C11H10FNO2/c1-2-9(10(13)11(14)15)7-3-5-8(12)6-4-7/h1,3-6,9-10H,13H2,(H,14,15)/t9-,10-/m0/s1. The lowest BCUT2D eigenvalue weighted by Gasteiger charge is -2.15. The van der Waals surface area contributed by atoms with Crippen LogP contribution in [-0.2, 0) is 4.79 Å². The third-order valence-corrected chi connectivity index (χ3v) is 2.05. The molecule has 0 amide bonds. The molecule has 15 heavy (non-hydrogen) atoms. The summed E-state index contributed by atoms with van der Waals surface area (Å²) in [5.41, 5.74) is 5.93. The molecule has 0 fully saturated rings. The second kappa shape index (κ2) is 4.58. The molecule has 0 aromatic heterocycles. The van der Waals surface area contributed by atoms with Crippen molar-refractivity contribution in [3.8, 4) is 12.3 Å². The lowest BCUT2D eigenvalue weighted by Crippen LogP contribution is -2.35. The largest absolute Gasteiger partial charge is 0.480 e. The van der Waals surface area contributed by atoms with E-state index in [1.807, 2.05) is 0 Å².